The van der Waals surface area contributed by atoms with E-state index in [1.165, 1.54) is 25.7 Å². The summed E-state index contributed by atoms with van der Waals surface area (Å²) in [5.74, 6) is 2.78. The maximum Gasteiger partial charge on any atom is 0.303 e. The molecule has 4 aliphatic rings. The Bertz CT molecular complexity index is 634. The van der Waals surface area contributed by atoms with Crippen LogP contribution in [-0.2, 0) is 4.79 Å². The zero-order valence-corrected chi connectivity index (χ0v) is 18.8. The van der Waals surface area contributed by atoms with Gasteiger partial charge in [-0.2, -0.15) is 0 Å². The number of hydrogen-bond acceptors (Lipinski definition) is 3. The van der Waals surface area contributed by atoms with Gasteiger partial charge in [-0.1, -0.05) is 27.7 Å². The molecule has 0 bridgehead atoms. The smallest absolute Gasteiger partial charge is 0.303 e. The first kappa shape index (κ1) is 21.6. The van der Waals surface area contributed by atoms with Gasteiger partial charge in [0.1, 0.15) is 0 Å². The van der Waals surface area contributed by atoms with Crippen LogP contribution in [-0.4, -0.2) is 33.5 Å². The maximum atomic E-state index is 11.3. The van der Waals surface area contributed by atoms with Gasteiger partial charge in [-0.15, -0.1) is 0 Å². The third-order valence-corrected chi connectivity index (χ3v) is 10.8. The van der Waals surface area contributed by atoms with Gasteiger partial charge < -0.3 is 15.3 Å². The second-order valence-electron chi connectivity index (χ2n) is 11.8. The molecule has 4 heteroatoms. The van der Waals surface area contributed by atoms with Crippen LogP contribution in [0.2, 0.25) is 0 Å². The normalized spacial score (nSPS) is 52.9. The SMILES string of the molecule is CC1C[C@@H](O)C[C@H]2C[C@@H](O)[C@H]3[C@@H]4CC[C@H]([C@H](C)CCC(=O)O)[C@@]4(C)CC[C@@H]3[C@@]12C. The molecule has 11 atom stereocenters. The maximum absolute atomic E-state index is 11.3. The standard InChI is InChI=1S/C25H42O4/c1-14(5-8-22(28)29)18-6-7-19-23-20(9-10-24(18,19)3)25(4)15(2)11-17(26)12-16(25)13-21(23)27/h14-21,23,26-27H,5-13H2,1-4H3,(H,28,29)/t14-,15?,16+,17-,18-,19+,20+,21-,23+,24-,25+/m1/s1. The summed E-state index contributed by atoms with van der Waals surface area (Å²) in [6.07, 6.45) is 7.99. The van der Waals surface area contributed by atoms with Crippen LogP contribution in [0.5, 0.6) is 0 Å². The van der Waals surface area contributed by atoms with E-state index in [1.54, 1.807) is 0 Å². The molecule has 0 saturated heterocycles. The Morgan fingerprint density at radius 2 is 1.79 bits per heavy atom. The second-order valence-corrected chi connectivity index (χ2v) is 11.8. The number of aliphatic carboxylic acids is 1. The van der Waals surface area contributed by atoms with Gasteiger partial charge in [-0.05, 0) is 104 Å². The summed E-state index contributed by atoms with van der Waals surface area (Å²) >= 11 is 0. The number of aliphatic hydroxyl groups excluding tert-OH is 2. The molecule has 1 unspecified atom stereocenters. The van der Waals surface area contributed by atoms with Crippen LogP contribution in [0, 0.1) is 52.3 Å². The van der Waals surface area contributed by atoms with E-state index in [9.17, 15) is 15.0 Å². The van der Waals surface area contributed by atoms with Crippen molar-refractivity contribution in [2.24, 2.45) is 52.3 Å². The van der Waals surface area contributed by atoms with Gasteiger partial charge in [0.05, 0.1) is 12.2 Å². The molecule has 4 rings (SSSR count). The monoisotopic (exact) mass is 406 g/mol. The topological polar surface area (TPSA) is 77.8 Å². The average Bonchev–Trinajstić information content (AvgIpc) is 2.99. The first-order valence-corrected chi connectivity index (χ1v) is 12.2. The summed E-state index contributed by atoms with van der Waals surface area (Å²) < 4.78 is 0. The Labute approximate surface area is 176 Å². The number of fused-ring (bicyclic) bond motifs is 5. The molecule has 4 saturated carbocycles. The lowest BCUT2D eigenvalue weighted by Crippen LogP contribution is -2.60. The predicted octanol–water partition coefficient (Wildman–Crippen LogP) is 4.72. The first-order valence-electron chi connectivity index (χ1n) is 12.2. The Hall–Kier alpha value is -0.610. The van der Waals surface area contributed by atoms with Crippen LogP contribution in [0.1, 0.15) is 85.5 Å². The molecule has 166 valence electrons. The van der Waals surface area contributed by atoms with E-state index in [1.807, 2.05) is 0 Å². The summed E-state index contributed by atoms with van der Waals surface area (Å²) in [5, 5.41) is 30.8. The molecule has 4 nitrogen and oxygen atoms in total. The number of carboxylic acids is 1. The Balaban J connectivity index is 1.58. The van der Waals surface area contributed by atoms with Crippen molar-refractivity contribution in [1.29, 1.82) is 0 Å². The van der Waals surface area contributed by atoms with Crippen molar-refractivity contribution in [2.75, 3.05) is 0 Å². The summed E-state index contributed by atoms with van der Waals surface area (Å²) in [6, 6.07) is 0. The van der Waals surface area contributed by atoms with Crippen LogP contribution >= 0.6 is 0 Å². The number of carboxylic acid groups (broad SMARTS) is 1. The highest BCUT2D eigenvalue weighted by atomic mass is 16.4. The highest BCUT2D eigenvalue weighted by molar-refractivity contribution is 5.66. The fourth-order valence-corrected chi connectivity index (χ4v) is 9.19. The molecule has 0 radical (unpaired) electrons. The molecular weight excluding hydrogens is 364 g/mol. The molecule has 0 aromatic heterocycles. The van der Waals surface area contributed by atoms with Crippen LogP contribution in [0.4, 0.5) is 0 Å². The van der Waals surface area contributed by atoms with Crippen molar-refractivity contribution < 1.29 is 20.1 Å². The highest BCUT2D eigenvalue weighted by Gasteiger charge is 2.64. The number of rotatable bonds is 4. The Morgan fingerprint density at radius 1 is 1.07 bits per heavy atom. The van der Waals surface area contributed by atoms with Gasteiger partial charge in [-0.25, -0.2) is 0 Å². The van der Waals surface area contributed by atoms with Crippen molar-refractivity contribution in [3.05, 3.63) is 0 Å². The molecule has 29 heavy (non-hydrogen) atoms. The fourth-order valence-electron chi connectivity index (χ4n) is 9.19. The van der Waals surface area contributed by atoms with Crippen molar-refractivity contribution in [3.8, 4) is 0 Å². The molecule has 4 fully saturated rings. The average molecular weight is 407 g/mol. The Kier molecular flexibility index (Phi) is 5.60. The van der Waals surface area contributed by atoms with Gasteiger partial charge in [0, 0.05) is 6.42 Å². The molecule has 0 aliphatic heterocycles. The fraction of sp³-hybridized carbons (Fsp3) is 0.960. The quantitative estimate of drug-likeness (QED) is 0.631. The Morgan fingerprint density at radius 3 is 2.48 bits per heavy atom. The molecule has 0 aromatic carbocycles. The van der Waals surface area contributed by atoms with E-state index >= 15 is 0 Å². The van der Waals surface area contributed by atoms with Gasteiger partial charge in [0.15, 0.2) is 0 Å². The zero-order valence-electron chi connectivity index (χ0n) is 18.8. The number of hydrogen-bond donors (Lipinski definition) is 3. The van der Waals surface area contributed by atoms with Gasteiger partial charge in [0.25, 0.3) is 0 Å². The summed E-state index contributed by atoms with van der Waals surface area (Å²) in [6.45, 7) is 9.52. The minimum Gasteiger partial charge on any atom is -0.481 e. The largest absolute Gasteiger partial charge is 0.481 e. The molecular formula is C25H42O4. The van der Waals surface area contributed by atoms with E-state index < -0.39 is 5.97 Å². The van der Waals surface area contributed by atoms with Crippen molar-refractivity contribution >= 4 is 5.97 Å². The van der Waals surface area contributed by atoms with Crippen LogP contribution < -0.4 is 0 Å². The molecule has 3 N–H and O–H groups in total. The molecule has 0 amide bonds. The van der Waals surface area contributed by atoms with E-state index in [-0.39, 0.29) is 29.5 Å². The molecule has 0 aromatic rings. The van der Waals surface area contributed by atoms with Crippen LogP contribution in [0.25, 0.3) is 0 Å². The minimum absolute atomic E-state index is 0.202. The van der Waals surface area contributed by atoms with Crippen molar-refractivity contribution in [3.63, 3.8) is 0 Å². The number of carbonyl (C=O) groups is 1. The van der Waals surface area contributed by atoms with Crippen LogP contribution in [0.3, 0.4) is 0 Å². The van der Waals surface area contributed by atoms with E-state index in [0.29, 0.717) is 41.4 Å². The lowest BCUT2D eigenvalue weighted by molar-refractivity contribution is -0.192. The van der Waals surface area contributed by atoms with Gasteiger partial charge in [-0.3, -0.25) is 4.79 Å². The van der Waals surface area contributed by atoms with Gasteiger partial charge in [0.2, 0.25) is 0 Å². The lowest BCUT2D eigenvalue weighted by atomic mass is 9.41. The molecule has 0 spiro atoms. The first-order chi connectivity index (χ1) is 13.6. The third kappa shape index (κ3) is 3.28. The molecule has 0 heterocycles. The zero-order chi connectivity index (χ0) is 21.1. The van der Waals surface area contributed by atoms with Gasteiger partial charge >= 0.3 is 5.97 Å². The number of aliphatic hydroxyl groups is 2. The second kappa shape index (κ2) is 7.51. The van der Waals surface area contributed by atoms with Crippen LogP contribution in [0.15, 0.2) is 0 Å². The summed E-state index contributed by atoms with van der Waals surface area (Å²) in [4.78, 5) is 11.1. The van der Waals surface area contributed by atoms with Crippen molar-refractivity contribution in [2.45, 2.75) is 97.7 Å². The van der Waals surface area contributed by atoms with E-state index in [2.05, 4.69) is 27.7 Å². The minimum atomic E-state index is -0.685. The highest BCUT2D eigenvalue weighted by Crippen LogP contribution is 2.69. The lowest BCUT2D eigenvalue weighted by Gasteiger charge is -2.64. The van der Waals surface area contributed by atoms with Crippen molar-refractivity contribution in [1.82, 2.24) is 0 Å². The molecule has 4 aliphatic carbocycles. The predicted molar refractivity (Wildman–Crippen MR) is 113 cm³/mol. The van der Waals surface area contributed by atoms with E-state index in [4.69, 9.17) is 5.11 Å². The van der Waals surface area contributed by atoms with E-state index in [0.717, 1.165) is 25.7 Å². The summed E-state index contributed by atoms with van der Waals surface area (Å²) in [5.41, 5.74) is 0.470. The third-order valence-electron chi connectivity index (χ3n) is 10.8. The summed E-state index contributed by atoms with van der Waals surface area (Å²) in [7, 11) is 0.